The van der Waals surface area contributed by atoms with Gasteiger partial charge in [0.2, 0.25) is 0 Å². The highest BCUT2D eigenvalue weighted by Crippen LogP contribution is 2.46. The van der Waals surface area contributed by atoms with E-state index in [1.54, 1.807) is 6.92 Å². The Kier molecular flexibility index (Phi) is 3.89. The molecule has 0 aromatic rings. The molecule has 0 radical (unpaired) electrons. The highest BCUT2D eigenvalue weighted by atomic mass is 16.6. The van der Waals surface area contributed by atoms with Crippen LogP contribution in [-0.4, -0.2) is 42.1 Å². The van der Waals surface area contributed by atoms with Gasteiger partial charge in [0.1, 0.15) is 12.5 Å². The summed E-state index contributed by atoms with van der Waals surface area (Å²) in [5.41, 5.74) is -1.29. The Morgan fingerprint density at radius 1 is 1.37 bits per heavy atom. The van der Waals surface area contributed by atoms with Crippen molar-refractivity contribution in [3.8, 4) is 0 Å². The van der Waals surface area contributed by atoms with E-state index in [9.17, 15) is 14.4 Å². The molecule has 2 rings (SSSR count). The molecule has 3 atom stereocenters. The molecule has 1 saturated carbocycles. The van der Waals surface area contributed by atoms with Gasteiger partial charge in [0.15, 0.2) is 11.4 Å². The number of hydrogen-bond acceptors (Lipinski definition) is 6. The fourth-order valence-electron chi connectivity index (χ4n) is 2.69. The van der Waals surface area contributed by atoms with E-state index >= 15 is 0 Å². The zero-order chi connectivity index (χ0) is 14.0. The van der Waals surface area contributed by atoms with E-state index in [1.165, 1.54) is 6.92 Å². The predicted octanol–water partition coefficient (Wildman–Crippen LogP) is 0.762. The summed E-state index contributed by atoms with van der Waals surface area (Å²) >= 11 is 0. The number of carbonyl (C=O) groups is 3. The highest BCUT2D eigenvalue weighted by molar-refractivity contribution is 6.02. The number of esters is 2. The van der Waals surface area contributed by atoms with E-state index in [2.05, 4.69) is 0 Å². The average molecular weight is 270 g/mol. The third-order valence-corrected chi connectivity index (χ3v) is 3.49. The van der Waals surface area contributed by atoms with Gasteiger partial charge in [-0.3, -0.25) is 14.4 Å². The van der Waals surface area contributed by atoms with E-state index in [-0.39, 0.29) is 19.1 Å². The number of rotatable bonds is 5. The Balaban J connectivity index is 2.11. The van der Waals surface area contributed by atoms with Crippen molar-refractivity contribution in [3.05, 3.63) is 0 Å². The number of Topliss-reactive ketones (excluding diaryl/α,β-unsaturated/α-hetero) is 1. The summed E-state index contributed by atoms with van der Waals surface area (Å²) in [6.07, 6.45) is 1.20. The van der Waals surface area contributed by atoms with Crippen molar-refractivity contribution in [2.45, 2.75) is 57.3 Å². The first-order valence-corrected chi connectivity index (χ1v) is 6.53. The first-order chi connectivity index (χ1) is 8.99. The van der Waals surface area contributed by atoms with Crippen molar-refractivity contribution in [2.75, 3.05) is 6.61 Å². The summed E-state index contributed by atoms with van der Waals surface area (Å²) in [7, 11) is 0. The molecule has 1 aliphatic carbocycles. The fraction of sp³-hybridized carbons (Fsp3) is 0.769. The van der Waals surface area contributed by atoms with Gasteiger partial charge in [0.25, 0.3) is 0 Å². The molecule has 2 fully saturated rings. The zero-order valence-corrected chi connectivity index (χ0v) is 11.1. The fourth-order valence-corrected chi connectivity index (χ4v) is 2.69. The topological polar surface area (TPSA) is 82.2 Å². The van der Waals surface area contributed by atoms with E-state index in [1.807, 2.05) is 0 Å². The number of epoxide rings is 1. The molecule has 3 unspecified atom stereocenters. The first-order valence-electron chi connectivity index (χ1n) is 6.53. The summed E-state index contributed by atoms with van der Waals surface area (Å²) in [6, 6.07) is 0. The molecule has 0 aromatic carbocycles. The van der Waals surface area contributed by atoms with Crippen LogP contribution in [0.3, 0.4) is 0 Å². The van der Waals surface area contributed by atoms with E-state index in [0.29, 0.717) is 6.42 Å². The minimum atomic E-state index is -1.29. The Hall–Kier alpha value is -1.43. The van der Waals surface area contributed by atoms with Crippen LogP contribution in [0.25, 0.3) is 0 Å². The smallest absolute Gasteiger partial charge is 0.313 e. The van der Waals surface area contributed by atoms with Crippen molar-refractivity contribution in [1.29, 1.82) is 0 Å². The van der Waals surface area contributed by atoms with Crippen LogP contribution in [0.15, 0.2) is 0 Å². The summed E-state index contributed by atoms with van der Waals surface area (Å²) in [4.78, 5) is 35.0. The van der Waals surface area contributed by atoms with Crippen LogP contribution in [0.2, 0.25) is 0 Å². The van der Waals surface area contributed by atoms with E-state index < -0.39 is 29.4 Å². The minimum Gasteiger partial charge on any atom is -0.466 e. The second-order valence-electron chi connectivity index (χ2n) is 4.88. The van der Waals surface area contributed by atoms with Gasteiger partial charge in [0, 0.05) is 6.92 Å². The van der Waals surface area contributed by atoms with Crippen LogP contribution in [0.1, 0.15) is 39.5 Å². The highest BCUT2D eigenvalue weighted by Gasteiger charge is 2.63. The molecule has 0 spiro atoms. The summed E-state index contributed by atoms with van der Waals surface area (Å²) in [6.45, 7) is 3.14. The third kappa shape index (κ3) is 2.78. The second-order valence-corrected chi connectivity index (χ2v) is 4.88. The second kappa shape index (κ2) is 5.28. The molecule has 1 heterocycles. The van der Waals surface area contributed by atoms with Crippen molar-refractivity contribution >= 4 is 17.7 Å². The molecule has 0 N–H and O–H groups in total. The van der Waals surface area contributed by atoms with Gasteiger partial charge in [-0.25, -0.2) is 0 Å². The standard InChI is InChI=1S/C13H18O6/c1-3-17-11(16)7-10(15)13(19-8(2)14)6-4-5-9-12(13)18-9/h9,12H,3-7H2,1-2H3. The molecule has 6 nitrogen and oxygen atoms in total. The zero-order valence-electron chi connectivity index (χ0n) is 11.1. The van der Waals surface area contributed by atoms with Gasteiger partial charge in [-0.15, -0.1) is 0 Å². The van der Waals surface area contributed by atoms with Gasteiger partial charge in [0.05, 0.1) is 12.7 Å². The number of fused-ring (bicyclic) bond motifs is 1. The predicted molar refractivity (Wildman–Crippen MR) is 63.3 cm³/mol. The van der Waals surface area contributed by atoms with Crippen LogP contribution >= 0.6 is 0 Å². The Morgan fingerprint density at radius 3 is 2.74 bits per heavy atom. The molecule has 0 bridgehead atoms. The van der Waals surface area contributed by atoms with Crippen molar-refractivity contribution in [2.24, 2.45) is 0 Å². The van der Waals surface area contributed by atoms with Crippen molar-refractivity contribution < 1.29 is 28.6 Å². The largest absolute Gasteiger partial charge is 0.466 e. The Morgan fingerprint density at radius 2 is 2.11 bits per heavy atom. The monoisotopic (exact) mass is 270 g/mol. The van der Waals surface area contributed by atoms with Crippen LogP contribution < -0.4 is 0 Å². The SMILES string of the molecule is CCOC(=O)CC(=O)C1(OC(C)=O)CCCC2OC21. The van der Waals surface area contributed by atoms with Crippen molar-refractivity contribution in [3.63, 3.8) is 0 Å². The minimum absolute atomic E-state index is 0.0285. The maximum Gasteiger partial charge on any atom is 0.313 e. The quantitative estimate of drug-likeness (QED) is 0.417. The van der Waals surface area contributed by atoms with E-state index in [0.717, 1.165) is 12.8 Å². The summed E-state index contributed by atoms with van der Waals surface area (Å²) < 4.78 is 15.4. The number of ether oxygens (including phenoxy) is 3. The maximum atomic E-state index is 12.3. The number of hydrogen-bond donors (Lipinski definition) is 0. The molecule has 0 aromatic heterocycles. The lowest BCUT2D eigenvalue weighted by Gasteiger charge is -2.32. The number of ketones is 1. The lowest BCUT2D eigenvalue weighted by Crippen LogP contribution is -2.51. The first kappa shape index (κ1) is 14.0. The van der Waals surface area contributed by atoms with Crippen molar-refractivity contribution in [1.82, 2.24) is 0 Å². The maximum absolute atomic E-state index is 12.3. The van der Waals surface area contributed by atoms with Crippen LogP contribution in [0.5, 0.6) is 0 Å². The molecule has 19 heavy (non-hydrogen) atoms. The van der Waals surface area contributed by atoms with Gasteiger partial charge < -0.3 is 14.2 Å². The molecular weight excluding hydrogens is 252 g/mol. The van der Waals surface area contributed by atoms with Crippen LogP contribution in [0, 0.1) is 0 Å². The van der Waals surface area contributed by atoms with Gasteiger partial charge in [-0.2, -0.15) is 0 Å². The average Bonchev–Trinajstić information content (AvgIpc) is 3.08. The summed E-state index contributed by atoms with van der Waals surface area (Å²) in [5, 5.41) is 0. The van der Waals surface area contributed by atoms with Gasteiger partial charge in [-0.1, -0.05) is 0 Å². The lowest BCUT2D eigenvalue weighted by molar-refractivity contribution is -0.172. The normalized spacial score (nSPS) is 32.1. The molecule has 106 valence electrons. The van der Waals surface area contributed by atoms with Gasteiger partial charge >= 0.3 is 11.9 Å². The Labute approximate surface area is 111 Å². The molecule has 1 saturated heterocycles. The Bertz CT molecular complexity index is 404. The molecule has 6 heteroatoms. The third-order valence-electron chi connectivity index (χ3n) is 3.49. The number of carbonyl (C=O) groups excluding carboxylic acids is 3. The van der Waals surface area contributed by atoms with Crippen LogP contribution in [-0.2, 0) is 28.6 Å². The molecule has 1 aliphatic heterocycles. The lowest BCUT2D eigenvalue weighted by atomic mass is 9.80. The van der Waals surface area contributed by atoms with Crippen LogP contribution in [0.4, 0.5) is 0 Å². The molecule has 0 amide bonds. The van der Waals surface area contributed by atoms with Gasteiger partial charge in [-0.05, 0) is 26.2 Å². The van der Waals surface area contributed by atoms with E-state index in [4.69, 9.17) is 14.2 Å². The molecular formula is C13H18O6. The summed E-state index contributed by atoms with van der Waals surface area (Å²) in [5.74, 6) is -1.55. The molecule has 2 aliphatic rings.